The van der Waals surface area contributed by atoms with Crippen LogP contribution in [0, 0.1) is 10.1 Å². The van der Waals surface area contributed by atoms with Crippen LogP contribution in [-0.2, 0) is 6.54 Å². The summed E-state index contributed by atoms with van der Waals surface area (Å²) < 4.78 is 1.43. The number of nitrogens with zero attached hydrogens (tertiary/aromatic N) is 3. The summed E-state index contributed by atoms with van der Waals surface area (Å²) in [6.45, 7) is 2.56. The molecule has 0 radical (unpaired) electrons. The number of hydrogen-bond donors (Lipinski definition) is 1. The van der Waals surface area contributed by atoms with E-state index in [1.54, 1.807) is 0 Å². The minimum atomic E-state index is -0.553. The van der Waals surface area contributed by atoms with E-state index in [1.165, 1.54) is 10.7 Å². The molecule has 0 atom stereocenters. The van der Waals surface area contributed by atoms with Crippen LogP contribution in [0.15, 0.2) is 6.07 Å². The zero-order chi connectivity index (χ0) is 9.14. The molecule has 0 aliphatic carbocycles. The second-order valence-electron chi connectivity index (χ2n) is 2.41. The lowest BCUT2D eigenvalue weighted by molar-refractivity contribution is -0.389. The SMILES string of the molecule is CCCn1nc([N+](=O)[O-])cc1N. The van der Waals surface area contributed by atoms with Gasteiger partial charge in [-0.15, -0.1) is 0 Å². The third kappa shape index (κ3) is 1.52. The van der Waals surface area contributed by atoms with Gasteiger partial charge in [0.2, 0.25) is 0 Å². The summed E-state index contributed by atoms with van der Waals surface area (Å²) >= 11 is 0. The summed E-state index contributed by atoms with van der Waals surface area (Å²) in [7, 11) is 0. The van der Waals surface area contributed by atoms with Crippen molar-refractivity contribution in [1.29, 1.82) is 0 Å². The number of aryl methyl sites for hydroxylation is 1. The Morgan fingerprint density at radius 3 is 2.92 bits per heavy atom. The fourth-order valence-electron chi connectivity index (χ4n) is 0.897. The van der Waals surface area contributed by atoms with E-state index in [9.17, 15) is 10.1 Å². The number of anilines is 1. The Labute approximate surface area is 69.1 Å². The maximum absolute atomic E-state index is 10.2. The summed E-state index contributed by atoms with van der Waals surface area (Å²) in [4.78, 5) is 9.69. The van der Waals surface area contributed by atoms with Crippen LogP contribution in [0.3, 0.4) is 0 Å². The van der Waals surface area contributed by atoms with E-state index in [1.807, 2.05) is 6.92 Å². The summed E-state index contributed by atoms with van der Waals surface area (Å²) in [5.41, 5.74) is 5.46. The Kier molecular flexibility index (Phi) is 2.27. The Morgan fingerprint density at radius 2 is 2.50 bits per heavy atom. The fraction of sp³-hybridized carbons (Fsp3) is 0.500. The van der Waals surface area contributed by atoms with Gasteiger partial charge in [0.05, 0.1) is 17.7 Å². The van der Waals surface area contributed by atoms with Crippen molar-refractivity contribution in [3.05, 3.63) is 16.2 Å². The minimum absolute atomic E-state index is 0.194. The van der Waals surface area contributed by atoms with E-state index in [-0.39, 0.29) is 5.82 Å². The maximum atomic E-state index is 10.2. The number of aromatic nitrogens is 2. The molecule has 6 nitrogen and oxygen atoms in total. The van der Waals surface area contributed by atoms with Crippen LogP contribution in [0.25, 0.3) is 0 Å². The molecule has 0 aliphatic heterocycles. The van der Waals surface area contributed by atoms with Gasteiger partial charge in [-0.2, -0.15) is 4.68 Å². The number of nitro groups is 1. The topological polar surface area (TPSA) is 87.0 Å². The van der Waals surface area contributed by atoms with Crippen LogP contribution in [0.4, 0.5) is 11.6 Å². The zero-order valence-corrected chi connectivity index (χ0v) is 6.73. The molecule has 1 heterocycles. The maximum Gasteiger partial charge on any atom is 0.392 e. The van der Waals surface area contributed by atoms with Gasteiger partial charge in [-0.25, -0.2) is 0 Å². The molecule has 2 N–H and O–H groups in total. The van der Waals surface area contributed by atoms with Gasteiger partial charge in [-0.3, -0.25) is 0 Å². The van der Waals surface area contributed by atoms with Gasteiger partial charge in [0.15, 0.2) is 5.82 Å². The molecule has 0 unspecified atom stereocenters. The lowest BCUT2D eigenvalue weighted by atomic mass is 10.5. The van der Waals surface area contributed by atoms with Crippen LogP contribution >= 0.6 is 0 Å². The van der Waals surface area contributed by atoms with Crippen molar-refractivity contribution in [3.8, 4) is 0 Å². The van der Waals surface area contributed by atoms with Gasteiger partial charge in [0, 0.05) is 0 Å². The molecule has 6 heteroatoms. The Bertz CT molecular complexity index is 294. The number of nitrogen functional groups attached to an aromatic ring is 1. The Hall–Kier alpha value is -1.59. The van der Waals surface area contributed by atoms with Gasteiger partial charge in [-0.1, -0.05) is 6.92 Å². The summed E-state index contributed by atoms with van der Waals surface area (Å²) in [5, 5.41) is 13.9. The number of rotatable bonds is 3. The molecule has 0 saturated heterocycles. The number of nitrogens with two attached hydrogens (primary N) is 1. The van der Waals surface area contributed by atoms with Crippen molar-refractivity contribution in [2.24, 2.45) is 0 Å². The monoisotopic (exact) mass is 170 g/mol. The average molecular weight is 170 g/mol. The molecular weight excluding hydrogens is 160 g/mol. The lowest BCUT2D eigenvalue weighted by Gasteiger charge is -1.92. The first-order chi connectivity index (χ1) is 5.65. The first kappa shape index (κ1) is 8.51. The molecule has 0 aliphatic rings. The van der Waals surface area contributed by atoms with Crippen molar-refractivity contribution in [2.45, 2.75) is 19.9 Å². The Morgan fingerprint density at radius 1 is 1.83 bits per heavy atom. The Balaban J connectivity index is 2.92. The van der Waals surface area contributed by atoms with Gasteiger partial charge >= 0.3 is 5.82 Å². The highest BCUT2D eigenvalue weighted by Gasteiger charge is 2.14. The highest BCUT2D eigenvalue weighted by Crippen LogP contribution is 2.13. The van der Waals surface area contributed by atoms with Gasteiger partial charge in [-0.05, 0) is 11.3 Å². The van der Waals surface area contributed by atoms with Crippen molar-refractivity contribution in [1.82, 2.24) is 9.78 Å². The smallest absolute Gasteiger partial charge is 0.382 e. The first-order valence-corrected chi connectivity index (χ1v) is 3.63. The van der Waals surface area contributed by atoms with E-state index in [0.29, 0.717) is 12.4 Å². The molecule has 1 aromatic rings. The molecule has 0 aromatic carbocycles. The van der Waals surface area contributed by atoms with E-state index in [2.05, 4.69) is 5.10 Å². The van der Waals surface area contributed by atoms with Gasteiger partial charge in [0.1, 0.15) is 0 Å². The second-order valence-corrected chi connectivity index (χ2v) is 2.41. The molecule has 0 amide bonds. The van der Waals surface area contributed by atoms with E-state index < -0.39 is 4.92 Å². The number of hydrogen-bond acceptors (Lipinski definition) is 4. The molecule has 66 valence electrons. The quantitative estimate of drug-likeness (QED) is 0.536. The molecule has 12 heavy (non-hydrogen) atoms. The van der Waals surface area contributed by atoms with Crippen LogP contribution in [0.1, 0.15) is 13.3 Å². The molecule has 0 bridgehead atoms. The predicted molar refractivity (Wildman–Crippen MR) is 43.6 cm³/mol. The van der Waals surface area contributed by atoms with E-state index in [4.69, 9.17) is 5.73 Å². The van der Waals surface area contributed by atoms with Crippen LogP contribution in [0.5, 0.6) is 0 Å². The van der Waals surface area contributed by atoms with E-state index in [0.717, 1.165) is 6.42 Å². The highest BCUT2D eigenvalue weighted by atomic mass is 16.6. The van der Waals surface area contributed by atoms with Gasteiger partial charge < -0.3 is 15.8 Å². The third-order valence-electron chi connectivity index (χ3n) is 1.42. The average Bonchev–Trinajstić information content (AvgIpc) is 2.34. The van der Waals surface area contributed by atoms with Crippen LogP contribution < -0.4 is 5.73 Å². The molecular formula is C6H10N4O2. The van der Waals surface area contributed by atoms with Crippen molar-refractivity contribution < 1.29 is 4.92 Å². The predicted octanol–water partition coefficient (Wildman–Crippen LogP) is 0.783. The van der Waals surface area contributed by atoms with Crippen molar-refractivity contribution >= 4 is 11.6 Å². The molecule has 1 aromatic heterocycles. The summed E-state index contributed by atoms with van der Waals surface area (Å²) in [5.74, 6) is 0.143. The normalized spacial score (nSPS) is 10.1. The highest BCUT2D eigenvalue weighted by molar-refractivity contribution is 5.37. The van der Waals surface area contributed by atoms with Crippen LogP contribution in [0.2, 0.25) is 0 Å². The van der Waals surface area contributed by atoms with E-state index >= 15 is 0 Å². The van der Waals surface area contributed by atoms with Gasteiger partial charge in [0.25, 0.3) is 0 Å². The molecule has 0 saturated carbocycles. The lowest BCUT2D eigenvalue weighted by Crippen LogP contribution is -2.03. The summed E-state index contributed by atoms with van der Waals surface area (Å²) in [6.07, 6.45) is 0.850. The molecule has 0 spiro atoms. The largest absolute Gasteiger partial charge is 0.392 e. The standard InChI is InChI=1S/C6H10N4O2/c1-2-3-9-5(7)4-6(8-9)10(11)12/h4H,2-3,7H2,1H3. The van der Waals surface area contributed by atoms with Crippen LogP contribution in [-0.4, -0.2) is 14.7 Å². The van der Waals surface area contributed by atoms with Crippen molar-refractivity contribution in [2.75, 3.05) is 5.73 Å². The first-order valence-electron chi connectivity index (χ1n) is 3.63. The molecule has 1 rings (SSSR count). The fourth-order valence-corrected chi connectivity index (χ4v) is 0.897. The second kappa shape index (κ2) is 3.21. The zero-order valence-electron chi connectivity index (χ0n) is 6.73. The van der Waals surface area contributed by atoms with Crippen molar-refractivity contribution in [3.63, 3.8) is 0 Å². The minimum Gasteiger partial charge on any atom is -0.382 e. The molecule has 0 fully saturated rings. The third-order valence-corrected chi connectivity index (χ3v) is 1.42. The summed E-state index contributed by atoms with van der Waals surface area (Å²) in [6, 6.07) is 1.26.